The van der Waals surface area contributed by atoms with Gasteiger partial charge in [0.2, 0.25) is 5.91 Å². The van der Waals surface area contributed by atoms with E-state index in [2.05, 4.69) is 4.72 Å². The van der Waals surface area contributed by atoms with Crippen molar-refractivity contribution < 1.29 is 22.7 Å². The summed E-state index contributed by atoms with van der Waals surface area (Å²) in [5.41, 5.74) is 1.71. The molecule has 0 atom stereocenters. The molecule has 2 aliphatic heterocycles. The van der Waals surface area contributed by atoms with Crippen molar-refractivity contribution in [1.29, 1.82) is 0 Å². The Balaban J connectivity index is 1.59. The number of hydrogen-bond donors (Lipinski definition) is 1. The average Bonchev–Trinajstić information content (AvgIpc) is 3.07. The molecule has 0 saturated carbocycles. The number of anilines is 2. The van der Waals surface area contributed by atoms with Crippen LogP contribution in [0, 0.1) is 6.92 Å². The first-order valence-corrected chi connectivity index (χ1v) is 10.3. The minimum Gasteiger partial charge on any atom is -0.486 e. The summed E-state index contributed by atoms with van der Waals surface area (Å²) in [5, 5.41) is 0. The van der Waals surface area contributed by atoms with Crippen molar-refractivity contribution in [2.45, 2.75) is 24.7 Å². The van der Waals surface area contributed by atoms with Gasteiger partial charge < -0.3 is 14.4 Å². The molecule has 2 aromatic rings. The van der Waals surface area contributed by atoms with E-state index < -0.39 is 10.0 Å². The lowest BCUT2D eigenvalue weighted by Gasteiger charge is -2.20. The zero-order valence-corrected chi connectivity index (χ0v) is 15.7. The van der Waals surface area contributed by atoms with E-state index in [0.29, 0.717) is 48.9 Å². The number of carbonyl (C=O) groups is 1. The number of sulfonamides is 1. The summed E-state index contributed by atoms with van der Waals surface area (Å²) in [4.78, 5) is 13.8. The van der Waals surface area contributed by atoms with Gasteiger partial charge in [0.05, 0.1) is 10.6 Å². The van der Waals surface area contributed by atoms with E-state index in [0.717, 1.165) is 12.1 Å². The third-order valence-corrected chi connectivity index (χ3v) is 6.17. The highest BCUT2D eigenvalue weighted by Gasteiger charge is 2.24. The maximum absolute atomic E-state index is 12.8. The van der Waals surface area contributed by atoms with E-state index in [1.54, 1.807) is 42.2 Å². The number of carbonyl (C=O) groups excluding carboxylic acids is 1. The van der Waals surface area contributed by atoms with Crippen LogP contribution in [0.1, 0.15) is 18.4 Å². The maximum Gasteiger partial charge on any atom is 0.262 e. The van der Waals surface area contributed by atoms with Gasteiger partial charge in [-0.25, -0.2) is 8.42 Å². The zero-order valence-electron chi connectivity index (χ0n) is 14.9. The monoisotopic (exact) mass is 388 g/mol. The number of nitrogens with one attached hydrogen (secondary N) is 1. The van der Waals surface area contributed by atoms with E-state index >= 15 is 0 Å². The van der Waals surface area contributed by atoms with Crippen molar-refractivity contribution in [2.75, 3.05) is 29.4 Å². The molecule has 4 rings (SSSR count). The van der Waals surface area contributed by atoms with Crippen LogP contribution < -0.4 is 19.1 Å². The predicted molar refractivity (Wildman–Crippen MR) is 101 cm³/mol. The molecule has 2 aliphatic rings. The fourth-order valence-corrected chi connectivity index (χ4v) is 4.62. The molecule has 2 aromatic carbocycles. The Bertz CT molecular complexity index is 1000. The highest BCUT2D eigenvalue weighted by Crippen LogP contribution is 2.34. The van der Waals surface area contributed by atoms with Crippen LogP contribution in [0.25, 0.3) is 0 Å². The van der Waals surface area contributed by atoms with E-state index in [9.17, 15) is 13.2 Å². The average molecular weight is 388 g/mol. The minimum absolute atomic E-state index is 0.0689. The Kier molecular flexibility index (Phi) is 4.43. The van der Waals surface area contributed by atoms with Crippen LogP contribution in [-0.4, -0.2) is 34.1 Å². The number of hydrogen-bond acceptors (Lipinski definition) is 5. The fraction of sp³-hybridized carbons (Fsp3) is 0.316. The highest BCUT2D eigenvalue weighted by atomic mass is 32.2. The minimum atomic E-state index is -3.77. The third-order valence-electron chi connectivity index (χ3n) is 4.63. The molecule has 2 heterocycles. The van der Waals surface area contributed by atoms with Crippen molar-refractivity contribution in [1.82, 2.24) is 0 Å². The molecule has 1 N–H and O–H groups in total. The standard InChI is InChI=1S/C19H20N2O5S/c1-13-11-15(21-8-2-3-19(21)22)5-7-18(13)27(23,24)20-14-4-6-16-17(12-14)26-10-9-25-16/h4-7,11-12,20H,2-3,8-10H2,1H3. The molecule has 8 heteroatoms. The van der Waals surface area contributed by atoms with Crippen LogP contribution in [0.15, 0.2) is 41.3 Å². The predicted octanol–water partition coefficient (Wildman–Crippen LogP) is 2.69. The van der Waals surface area contributed by atoms with Gasteiger partial charge in [-0.2, -0.15) is 0 Å². The van der Waals surface area contributed by atoms with Gasteiger partial charge in [0.25, 0.3) is 10.0 Å². The second kappa shape index (κ2) is 6.77. The lowest BCUT2D eigenvalue weighted by molar-refractivity contribution is -0.117. The Hall–Kier alpha value is -2.74. The summed E-state index contributed by atoms with van der Waals surface area (Å²) in [7, 11) is -3.77. The van der Waals surface area contributed by atoms with Crippen LogP contribution in [0.3, 0.4) is 0 Å². The molecule has 0 aromatic heterocycles. The smallest absolute Gasteiger partial charge is 0.262 e. The SMILES string of the molecule is Cc1cc(N2CCCC2=O)ccc1S(=O)(=O)Nc1ccc2c(c1)OCCO2. The fourth-order valence-electron chi connectivity index (χ4n) is 3.34. The van der Waals surface area contributed by atoms with Crippen molar-refractivity contribution >= 4 is 27.3 Å². The third kappa shape index (κ3) is 3.44. The first-order valence-electron chi connectivity index (χ1n) is 8.77. The quantitative estimate of drug-likeness (QED) is 0.870. The number of amides is 1. The van der Waals surface area contributed by atoms with Crippen LogP contribution in [-0.2, 0) is 14.8 Å². The topological polar surface area (TPSA) is 84.9 Å². The molecular weight excluding hydrogens is 368 g/mol. The number of fused-ring (bicyclic) bond motifs is 1. The number of aryl methyl sites for hydroxylation is 1. The molecule has 0 spiro atoms. The molecule has 7 nitrogen and oxygen atoms in total. The van der Waals surface area contributed by atoms with E-state index in [-0.39, 0.29) is 10.8 Å². The van der Waals surface area contributed by atoms with Crippen molar-refractivity contribution in [3.8, 4) is 11.5 Å². The molecular formula is C19H20N2O5S. The van der Waals surface area contributed by atoms with E-state index in [4.69, 9.17) is 9.47 Å². The molecule has 1 fully saturated rings. The van der Waals surface area contributed by atoms with Crippen molar-refractivity contribution in [3.05, 3.63) is 42.0 Å². The number of benzene rings is 2. The summed E-state index contributed by atoms with van der Waals surface area (Å²) in [6.07, 6.45) is 1.36. The molecule has 0 bridgehead atoms. The van der Waals surface area contributed by atoms with Crippen LogP contribution in [0.2, 0.25) is 0 Å². The Morgan fingerprint density at radius 3 is 2.52 bits per heavy atom. The first-order chi connectivity index (χ1) is 12.9. The number of ether oxygens (including phenoxy) is 2. The van der Waals surface area contributed by atoms with Crippen molar-refractivity contribution in [2.24, 2.45) is 0 Å². The molecule has 1 amide bonds. The second-order valence-corrected chi connectivity index (χ2v) is 8.21. The van der Waals surface area contributed by atoms with Crippen LogP contribution in [0.5, 0.6) is 11.5 Å². The maximum atomic E-state index is 12.8. The molecule has 0 aliphatic carbocycles. The van der Waals surface area contributed by atoms with Gasteiger partial charge in [-0.3, -0.25) is 9.52 Å². The Labute approximate surface area is 157 Å². The van der Waals surface area contributed by atoms with Gasteiger partial charge in [0.1, 0.15) is 13.2 Å². The van der Waals surface area contributed by atoms with Crippen LogP contribution >= 0.6 is 0 Å². The normalized spacial score (nSPS) is 16.5. The summed E-state index contributed by atoms with van der Waals surface area (Å²) in [6.45, 7) is 3.30. The summed E-state index contributed by atoms with van der Waals surface area (Å²) in [5.74, 6) is 1.18. The van der Waals surface area contributed by atoms with E-state index in [1.165, 1.54) is 6.07 Å². The Morgan fingerprint density at radius 1 is 1.04 bits per heavy atom. The lowest BCUT2D eigenvalue weighted by Crippen LogP contribution is -2.24. The molecule has 142 valence electrons. The zero-order chi connectivity index (χ0) is 19.0. The van der Waals surface area contributed by atoms with Gasteiger partial charge in [-0.05, 0) is 49.2 Å². The summed E-state index contributed by atoms with van der Waals surface area (Å²) in [6, 6.07) is 9.88. The van der Waals surface area contributed by atoms with Crippen LogP contribution in [0.4, 0.5) is 11.4 Å². The highest BCUT2D eigenvalue weighted by molar-refractivity contribution is 7.92. The van der Waals surface area contributed by atoms with Gasteiger partial charge in [0, 0.05) is 24.7 Å². The number of nitrogens with zero attached hydrogens (tertiary/aromatic N) is 1. The lowest BCUT2D eigenvalue weighted by atomic mass is 10.2. The summed E-state index contributed by atoms with van der Waals surface area (Å²) >= 11 is 0. The molecule has 0 unspecified atom stereocenters. The first kappa shape index (κ1) is 17.7. The van der Waals surface area contributed by atoms with Gasteiger partial charge >= 0.3 is 0 Å². The largest absolute Gasteiger partial charge is 0.486 e. The van der Waals surface area contributed by atoms with Gasteiger partial charge in [-0.15, -0.1) is 0 Å². The van der Waals surface area contributed by atoms with Crippen molar-refractivity contribution in [3.63, 3.8) is 0 Å². The van der Waals surface area contributed by atoms with Gasteiger partial charge in [-0.1, -0.05) is 0 Å². The summed E-state index contributed by atoms with van der Waals surface area (Å²) < 4.78 is 39.2. The molecule has 0 radical (unpaired) electrons. The second-order valence-electron chi connectivity index (χ2n) is 6.56. The van der Waals surface area contributed by atoms with E-state index in [1.807, 2.05) is 0 Å². The number of rotatable bonds is 4. The molecule has 27 heavy (non-hydrogen) atoms. The van der Waals surface area contributed by atoms with Gasteiger partial charge in [0.15, 0.2) is 11.5 Å². The molecule has 1 saturated heterocycles. The Morgan fingerprint density at radius 2 is 1.81 bits per heavy atom.